The van der Waals surface area contributed by atoms with Crippen molar-refractivity contribution in [2.45, 2.75) is 52.1 Å². The summed E-state index contributed by atoms with van der Waals surface area (Å²) in [6.45, 7) is 15.0. The van der Waals surface area contributed by atoms with Gasteiger partial charge >= 0.3 is 133 Å². The second-order valence-electron chi connectivity index (χ2n) is 7.62. The van der Waals surface area contributed by atoms with Gasteiger partial charge in [0.25, 0.3) is 0 Å². The van der Waals surface area contributed by atoms with Crippen LogP contribution in [0.1, 0.15) is 12.8 Å². The van der Waals surface area contributed by atoms with Gasteiger partial charge in [-0.05, 0) is 0 Å². The topological polar surface area (TPSA) is 0 Å². The molecule has 2 aliphatic rings. The van der Waals surface area contributed by atoms with Crippen LogP contribution in [0, 0.1) is 0 Å². The molecule has 0 aliphatic heterocycles. The minimum absolute atomic E-state index is 0.755. The van der Waals surface area contributed by atoms with Gasteiger partial charge in [0.05, 0.1) is 0 Å². The van der Waals surface area contributed by atoms with Gasteiger partial charge in [0.15, 0.2) is 0 Å². The maximum absolute atomic E-state index is 2.50. The predicted octanol–water partition coefficient (Wildman–Crippen LogP) is 5.25. The molecular weight excluding hydrogens is 427 g/mol. The Hall–Kier alpha value is 0.264. The van der Waals surface area contributed by atoms with Crippen LogP contribution in [0.3, 0.4) is 0 Å². The van der Waals surface area contributed by atoms with E-state index in [4.69, 9.17) is 0 Å². The van der Waals surface area contributed by atoms with Gasteiger partial charge in [-0.25, -0.2) is 0 Å². The second kappa shape index (κ2) is 5.57. The van der Waals surface area contributed by atoms with Crippen LogP contribution in [0.25, 0.3) is 0 Å². The van der Waals surface area contributed by atoms with Gasteiger partial charge in [-0.2, -0.15) is 0 Å². The Balaban J connectivity index is 2.28. The third-order valence-corrected chi connectivity index (χ3v) is 15.3. The molecule has 0 heterocycles. The molecule has 19 heavy (non-hydrogen) atoms. The van der Waals surface area contributed by atoms with Crippen molar-refractivity contribution in [1.82, 2.24) is 0 Å². The van der Waals surface area contributed by atoms with Crippen molar-refractivity contribution in [3.63, 3.8) is 0 Å². The average molecular weight is 453 g/mol. The van der Waals surface area contributed by atoms with E-state index in [-0.39, 0.29) is 0 Å². The molecule has 0 nitrogen and oxygen atoms in total. The molecule has 0 radical (unpaired) electrons. The van der Waals surface area contributed by atoms with Crippen molar-refractivity contribution >= 4 is 16.1 Å². The van der Waals surface area contributed by atoms with E-state index in [2.05, 4.69) is 63.6 Å². The SMILES string of the molecule is C[Si](C)(C)C1=[C]([Hf][C]2=C([Si](C)(C)C)C=CC2)CC=C1. The van der Waals surface area contributed by atoms with Crippen LogP contribution < -0.4 is 0 Å². The average Bonchev–Trinajstić information content (AvgIpc) is 2.83. The fourth-order valence-electron chi connectivity index (χ4n) is 2.83. The Bertz CT molecular complexity index is 448. The van der Waals surface area contributed by atoms with E-state index >= 15 is 0 Å². The summed E-state index contributed by atoms with van der Waals surface area (Å²) in [7, 11) is -2.23. The van der Waals surface area contributed by atoms with E-state index in [1.807, 2.05) is 6.66 Å². The van der Waals surface area contributed by atoms with Crippen LogP contribution in [0.2, 0.25) is 39.3 Å². The third-order valence-electron chi connectivity index (χ3n) is 3.78. The number of rotatable bonds is 4. The van der Waals surface area contributed by atoms with Crippen molar-refractivity contribution in [2.75, 3.05) is 0 Å². The number of hydrogen-bond donors (Lipinski definition) is 0. The van der Waals surface area contributed by atoms with Crippen molar-refractivity contribution in [3.8, 4) is 0 Å². The Labute approximate surface area is 132 Å². The third kappa shape index (κ3) is 3.67. The molecule has 0 spiro atoms. The van der Waals surface area contributed by atoms with Gasteiger partial charge in [-0.3, -0.25) is 0 Å². The van der Waals surface area contributed by atoms with Crippen molar-refractivity contribution < 1.29 is 22.9 Å². The normalized spacial score (nSPS) is 19.9. The molecule has 0 saturated heterocycles. The molecule has 0 unspecified atom stereocenters. The van der Waals surface area contributed by atoms with Gasteiger partial charge < -0.3 is 0 Å². The molecule has 2 aliphatic carbocycles. The summed E-state index contributed by atoms with van der Waals surface area (Å²) in [6.07, 6.45) is 12.3. The van der Waals surface area contributed by atoms with Crippen molar-refractivity contribution in [2.24, 2.45) is 0 Å². The van der Waals surface area contributed by atoms with Crippen LogP contribution in [-0.2, 0) is 22.9 Å². The fraction of sp³-hybridized carbons (Fsp3) is 0.500. The molecule has 0 bridgehead atoms. The molecule has 0 fully saturated rings. The predicted molar refractivity (Wildman–Crippen MR) is 88.3 cm³/mol. The quantitative estimate of drug-likeness (QED) is 0.511. The van der Waals surface area contributed by atoms with Crippen molar-refractivity contribution in [1.29, 1.82) is 0 Å². The van der Waals surface area contributed by atoms with Gasteiger partial charge in [0.2, 0.25) is 0 Å². The molecule has 0 saturated carbocycles. The minimum atomic E-state index is -1.12. The number of allylic oxidation sites excluding steroid dienone is 8. The zero-order valence-electron chi connectivity index (χ0n) is 13.2. The second-order valence-corrected chi connectivity index (χ2v) is 22.9. The maximum atomic E-state index is 2.50. The summed E-state index contributed by atoms with van der Waals surface area (Å²) in [5.41, 5.74) is 0. The molecule has 0 atom stereocenters. The van der Waals surface area contributed by atoms with Gasteiger partial charge in [0, 0.05) is 0 Å². The van der Waals surface area contributed by atoms with E-state index in [1.165, 1.54) is 12.8 Å². The summed E-state index contributed by atoms with van der Waals surface area (Å²) in [6, 6.07) is 0. The molecule has 2 rings (SSSR count). The molecule has 0 aromatic rings. The monoisotopic (exact) mass is 454 g/mol. The molecular formula is C16H26HfSi2. The first kappa shape index (κ1) is 15.6. The summed E-state index contributed by atoms with van der Waals surface area (Å²) >= 11 is -0.755. The molecule has 102 valence electrons. The summed E-state index contributed by atoms with van der Waals surface area (Å²) < 4.78 is 3.82. The molecule has 0 aromatic heterocycles. The van der Waals surface area contributed by atoms with Gasteiger partial charge in [-0.15, -0.1) is 0 Å². The Morgan fingerprint density at radius 1 is 0.737 bits per heavy atom. The van der Waals surface area contributed by atoms with Crippen LogP contribution in [-0.4, -0.2) is 16.1 Å². The Morgan fingerprint density at radius 2 is 1.11 bits per heavy atom. The van der Waals surface area contributed by atoms with E-state index in [0.29, 0.717) is 0 Å². The summed E-state index contributed by atoms with van der Waals surface area (Å²) in [4.78, 5) is 0. The Kier molecular flexibility index (Phi) is 4.59. The number of hydrogen-bond acceptors (Lipinski definition) is 0. The molecule has 0 aromatic carbocycles. The first-order valence-corrected chi connectivity index (χ1v) is 17.9. The van der Waals surface area contributed by atoms with Crippen LogP contribution in [0.4, 0.5) is 0 Å². The zero-order valence-corrected chi connectivity index (χ0v) is 18.8. The van der Waals surface area contributed by atoms with E-state index in [1.54, 1.807) is 10.4 Å². The summed E-state index contributed by atoms with van der Waals surface area (Å²) in [5, 5.41) is 3.59. The molecule has 0 N–H and O–H groups in total. The zero-order chi connectivity index (χ0) is 14.3. The summed E-state index contributed by atoms with van der Waals surface area (Å²) in [5.74, 6) is 0. The first-order valence-electron chi connectivity index (χ1n) is 7.27. The van der Waals surface area contributed by atoms with Gasteiger partial charge in [-0.1, -0.05) is 0 Å². The van der Waals surface area contributed by atoms with E-state index in [9.17, 15) is 0 Å². The molecule has 0 amide bonds. The van der Waals surface area contributed by atoms with Crippen LogP contribution >= 0.6 is 0 Å². The standard InChI is InChI=1S/2C8H13Si.Hf/c2*1-9(2,3)8-6-4-5-7-8;/h2*4,6H,5H2,1-3H3;. The van der Waals surface area contributed by atoms with E-state index < -0.39 is 39.1 Å². The first-order chi connectivity index (χ1) is 8.69. The molecule has 3 heteroatoms. The fourth-order valence-corrected chi connectivity index (χ4v) is 19.6. The van der Waals surface area contributed by atoms with Gasteiger partial charge in [0.1, 0.15) is 0 Å². The van der Waals surface area contributed by atoms with Crippen molar-refractivity contribution in [3.05, 3.63) is 41.4 Å². The van der Waals surface area contributed by atoms with Crippen LogP contribution in [0.5, 0.6) is 0 Å². The van der Waals surface area contributed by atoms with Crippen LogP contribution in [0.15, 0.2) is 41.4 Å². The Morgan fingerprint density at radius 3 is 1.42 bits per heavy atom. The van der Waals surface area contributed by atoms with E-state index in [0.717, 1.165) is 0 Å².